The van der Waals surface area contributed by atoms with Crippen LogP contribution in [0.2, 0.25) is 10.2 Å². The van der Waals surface area contributed by atoms with Crippen LogP contribution in [-0.4, -0.2) is 17.3 Å². The SMILES string of the molecule is COc1c(C)cc(C)c(C)c1Oc1nnc(Cl)cc1Cl. The Balaban J connectivity index is 2.52. The molecule has 0 saturated carbocycles. The predicted molar refractivity (Wildman–Crippen MR) is 79.3 cm³/mol. The molecule has 0 aliphatic heterocycles. The number of ether oxygens (including phenoxy) is 2. The second-order valence-corrected chi connectivity index (χ2v) is 5.21. The van der Waals surface area contributed by atoms with Gasteiger partial charge in [-0.05, 0) is 37.5 Å². The highest BCUT2D eigenvalue weighted by molar-refractivity contribution is 6.34. The second kappa shape index (κ2) is 5.85. The molecule has 4 nitrogen and oxygen atoms in total. The zero-order chi connectivity index (χ0) is 14.9. The van der Waals surface area contributed by atoms with E-state index in [2.05, 4.69) is 10.2 Å². The van der Waals surface area contributed by atoms with Crippen molar-refractivity contribution in [2.45, 2.75) is 20.8 Å². The number of halogens is 2. The Morgan fingerprint density at radius 2 is 1.65 bits per heavy atom. The van der Waals surface area contributed by atoms with E-state index in [1.165, 1.54) is 6.07 Å². The van der Waals surface area contributed by atoms with Crippen molar-refractivity contribution in [2.75, 3.05) is 7.11 Å². The Labute approximate surface area is 127 Å². The van der Waals surface area contributed by atoms with E-state index in [1.54, 1.807) is 7.11 Å². The van der Waals surface area contributed by atoms with Gasteiger partial charge in [0.1, 0.15) is 5.02 Å². The van der Waals surface area contributed by atoms with Crippen molar-refractivity contribution in [1.29, 1.82) is 0 Å². The van der Waals surface area contributed by atoms with E-state index in [0.29, 0.717) is 16.5 Å². The van der Waals surface area contributed by atoms with E-state index in [9.17, 15) is 0 Å². The van der Waals surface area contributed by atoms with Crippen LogP contribution in [0.25, 0.3) is 0 Å². The first-order valence-corrected chi connectivity index (χ1v) is 6.71. The van der Waals surface area contributed by atoms with Gasteiger partial charge in [0.25, 0.3) is 5.88 Å². The van der Waals surface area contributed by atoms with Crippen molar-refractivity contribution in [3.8, 4) is 17.4 Å². The summed E-state index contributed by atoms with van der Waals surface area (Å²) in [6.07, 6.45) is 0. The van der Waals surface area contributed by atoms with E-state index >= 15 is 0 Å². The van der Waals surface area contributed by atoms with Crippen LogP contribution in [0.3, 0.4) is 0 Å². The summed E-state index contributed by atoms with van der Waals surface area (Å²) >= 11 is 11.8. The predicted octanol–water partition coefficient (Wildman–Crippen LogP) is 4.51. The average molecular weight is 313 g/mol. The van der Waals surface area contributed by atoms with Crippen LogP contribution in [0, 0.1) is 20.8 Å². The molecular weight excluding hydrogens is 299 g/mol. The monoisotopic (exact) mass is 312 g/mol. The molecule has 0 spiro atoms. The Morgan fingerprint density at radius 3 is 2.25 bits per heavy atom. The van der Waals surface area contributed by atoms with Crippen molar-refractivity contribution in [1.82, 2.24) is 10.2 Å². The van der Waals surface area contributed by atoms with Gasteiger partial charge in [0.2, 0.25) is 0 Å². The third-order valence-corrected chi connectivity index (χ3v) is 3.47. The molecule has 1 aromatic heterocycles. The summed E-state index contributed by atoms with van der Waals surface area (Å²) in [6.45, 7) is 5.90. The van der Waals surface area contributed by atoms with Crippen molar-refractivity contribution in [3.05, 3.63) is 39.0 Å². The maximum atomic E-state index is 6.05. The van der Waals surface area contributed by atoms with Crippen molar-refractivity contribution in [3.63, 3.8) is 0 Å². The standard InChI is InChI=1S/C14H14Cl2N2O2/c1-7-5-8(2)12(19-4)13(9(7)3)20-14-10(15)6-11(16)17-18-14/h5-6H,1-4H3. The fraction of sp³-hybridized carbons (Fsp3) is 0.286. The molecular formula is C14H14Cl2N2O2. The Kier molecular flexibility index (Phi) is 4.35. The molecule has 0 bridgehead atoms. The molecule has 2 rings (SSSR count). The van der Waals surface area contributed by atoms with E-state index in [4.69, 9.17) is 32.7 Å². The highest BCUT2D eigenvalue weighted by atomic mass is 35.5. The molecule has 0 saturated heterocycles. The summed E-state index contributed by atoms with van der Waals surface area (Å²) in [5, 5.41) is 8.10. The van der Waals surface area contributed by atoms with Gasteiger partial charge in [0.05, 0.1) is 7.11 Å². The smallest absolute Gasteiger partial charge is 0.258 e. The highest BCUT2D eigenvalue weighted by Crippen LogP contribution is 2.40. The number of hydrogen-bond acceptors (Lipinski definition) is 4. The first kappa shape index (κ1) is 14.9. The van der Waals surface area contributed by atoms with Gasteiger partial charge in [-0.1, -0.05) is 29.3 Å². The lowest BCUT2D eigenvalue weighted by atomic mass is 10.0. The maximum Gasteiger partial charge on any atom is 0.258 e. The number of benzene rings is 1. The van der Waals surface area contributed by atoms with Gasteiger partial charge in [0, 0.05) is 6.07 Å². The molecule has 1 heterocycles. The summed E-state index contributed by atoms with van der Waals surface area (Å²) in [4.78, 5) is 0. The molecule has 2 aromatic rings. The summed E-state index contributed by atoms with van der Waals surface area (Å²) in [5.41, 5.74) is 3.03. The summed E-state index contributed by atoms with van der Waals surface area (Å²) in [5.74, 6) is 1.44. The topological polar surface area (TPSA) is 44.2 Å². The van der Waals surface area contributed by atoms with Crippen LogP contribution in [0.5, 0.6) is 17.4 Å². The third-order valence-electron chi connectivity index (χ3n) is 3.02. The van der Waals surface area contributed by atoms with E-state index in [-0.39, 0.29) is 11.0 Å². The summed E-state index contributed by atoms with van der Waals surface area (Å²) in [7, 11) is 1.60. The molecule has 0 atom stereocenters. The van der Waals surface area contributed by atoms with E-state index in [0.717, 1.165) is 16.7 Å². The zero-order valence-corrected chi connectivity index (χ0v) is 13.1. The summed E-state index contributed by atoms with van der Waals surface area (Å²) < 4.78 is 11.2. The Bertz CT molecular complexity index is 660. The first-order valence-electron chi connectivity index (χ1n) is 5.95. The molecule has 20 heavy (non-hydrogen) atoms. The molecule has 0 amide bonds. The largest absolute Gasteiger partial charge is 0.493 e. The van der Waals surface area contributed by atoms with Gasteiger partial charge in [-0.2, -0.15) is 0 Å². The number of methoxy groups -OCH3 is 1. The summed E-state index contributed by atoms with van der Waals surface area (Å²) in [6, 6.07) is 3.52. The van der Waals surface area contributed by atoms with Crippen LogP contribution in [-0.2, 0) is 0 Å². The fourth-order valence-corrected chi connectivity index (χ4v) is 2.29. The van der Waals surface area contributed by atoms with Crippen LogP contribution in [0.15, 0.2) is 12.1 Å². The average Bonchev–Trinajstić information content (AvgIpc) is 2.38. The maximum absolute atomic E-state index is 6.05. The fourth-order valence-electron chi connectivity index (χ4n) is 1.91. The molecule has 106 valence electrons. The lowest BCUT2D eigenvalue weighted by Gasteiger charge is -2.16. The highest BCUT2D eigenvalue weighted by Gasteiger charge is 2.17. The van der Waals surface area contributed by atoms with E-state index < -0.39 is 0 Å². The second-order valence-electron chi connectivity index (χ2n) is 4.42. The molecule has 0 fully saturated rings. The van der Waals surface area contributed by atoms with Gasteiger partial charge in [-0.25, -0.2) is 0 Å². The molecule has 0 unspecified atom stereocenters. The van der Waals surface area contributed by atoms with Gasteiger partial charge in [-0.3, -0.25) is 0 Å². The van der Waals surface area contributed by atoms with Crippen molar-refractivity contribution >= 4 is 23.2 Å². The van der Waals surface area contributed by atoms with Crippen LogP contribution in [0.4, 0.5) is 0 Å². The number of aromatic nitrogens is 2. The van der Waals surface area contributed by atoms with Gasteiger partial charge in [-0.15, -0.1) is 10.2 Å². The minimum atomic E-state index is 0.197. The molecule has 0 N–H and O–H groups in total. The van der Waals surface area contributed by atoms with Crippen LogP contribution >= 0.6 is 23.2 Å². The molecule has 0 radical (unpaired) electrons. The number of hydrogen-bond donors (Lipinski definition) is 0. The molecule has 6 heteroatoms. The number of nitrogens with zero attached hydrogens (tertiary/aromatic N) is 2. The minimum Gasteiger partial charge on any atom is -0.493 e. The van der Waals surface area contributed by atoms with Gasteiger partial charge < -0.3 is 9.47 Å². The first-order chi connectivity index (χ1) is 9.43. The Morgan fingerprint density at radius 1 is 0.950 bits per heavy atom. The van der Waals surface area contributed by atoms with Crippen molar-refractivity contribution < 1.29 is 9.47 Å². The van der Waals surface area contributed by atoms with Crippen molar-refractivity contribution in [2.24, 2.45) is 0 Å². The number of rotatable bonds is 3. The normalized spacial score (nSPS) is 10.5. The van der Waals surface area contributed by atoms with E-state index in [1.807, 2.05) is 26.8 Å². The molecule has 0 aliphatic rings. The quantitative estimate of drug-likeness (QED) is 0.836. The number of aryl methyl sites for hydroxylation is 2. The lowest BCUT2D eigenvalue weighted by molar-refractivity contribution is 0.368. The minimum absolute atomic E-state index is 0.197. The van der Waals surface area contributed by atoms with Crippen LogP contribution in [0.1, 0.15) is 16.7 Å². The molecule has 1 aromatic carbocycles. The zero-order valence-electron chi connectivity index (χ0n) is 11.6. The molecule has 0 aliphatic carbocycles. The van der Waals surface area contributed by atoms with Crippen LogP contribution < -0.4 is 9.47 Å². The Hall–Kier alpha value is -1.52. The third kappa shape index (κ3) is 2.81. The lowest BCUT2D eigenvalue weighted by Crippen LogP contribution is -2.00. The van der Waals surface area contributed by atoms with Gasteiger partial charge in [0.15, 0.2) is 16.7 Å². The van der Waals surface area contributed by atoms with Gasteiger partial charge >= 0.3 is 0 Å².